The topological polar surface area (TPSA) is 70.3 Å². The van der Waals surface area contributed by atoms with Gasteiger partial charge in [0, 0.05) is 0 Å². The summed E-state index contributed by atoms with van der Waals surface area (Å²) >= 11 is 0. The van der Waals surface area contributed by atoms with Crippen molar-refractivity contribution in [1.82, 2.24) is 0 Å². The molecule has 4 nitrogen and oxygen atoms in total. The molecule has 0 aliphatic heterocycles. The van der Waals surface area contributed by atoms with Gasteiger partial charge in [0.2, 0.25) is 0 Å². The maximum atomic E-state index is 10.9. The quantitative estimate of drug-likeness (QED) is 0.497. The number of carbonyl (C=O) groups is 1. The van der Waals surface area contributed by atoms with Crippen molar-refractivity contribution < 1.29 is 14.6 Å². The van der Waals surface area contributed by atoms with Crippen LogP contribution in [0, 0.1) is 11.3 Å². The number of hydrogen-bond acceptors (Lipinski definition) is 3. The molecule has 3 aromatic rings. The number of rotatable bonds is 6. The summed E-state index contributed by atoms with van der Waals surface area (Å²) in [6.07, 6.45) is 1.76. The van der Waals surface area contributed by atoms with Crippen LogP contribution in [0.25, 0.3) is 11.6 Å². The second-order valence-corrected chi connectivity index (χ2v) is 5.90. The zero-order valence-electron chi connectivity index (χ0n) is 14.5. The molecule has 0 aromatic heterocycles. The van der Waals surface area contributed by atoms with E-state index in [4.69, 9.17) is 9.84 Å². The highest BCUT2D eigenvalue weighted by molar-refractivity contribution is 5.92. The number of benzene rings is 3. The summed E-state index contributed by atoms with van der Waals surface area (Å²) < 4.78 is 5.76. The first-order chi connectivity index (χ1) is 13.2. The molecule has 0 bridgehead atoms. The van der Waals surface area contributed by atoms with Gasteiger partial charge < -0.3 is 9.84 Å². The Morgan fingerprint density at radius 2 is 1.56 bits per heavy atom. The van der Waals surface area contributed by atoms with Crippen LogP contribution in [0.1, 0.15) is 27.0 Å². The maximum Gasteiger partial charge on any atom is 0.335 e. The van der Waals surface area contributed by atoms with Crippen LogP contribution in [0.4, 0.5) is 0 Å². The SMILES string of the molecule is N#C/C(=C/c1ccc(OCc2ccccc2)cc1)c1ccc(C(=O)O)cc1. The predicted molar refractivity (Wildman–Crippen MR) is 104 cm³/mol. The molecule has 0 aliphatic rings. The van der Waals surface area contributed by atoms with E-state index >= 15 is 0 Å². The van der Waals surface area contributed by atoms with Crippen LogP contribution in [0.3, 0.4) is 0 Å². The largest absolute Gasteiger partial charge is 0.489 e. The van der Waals surface area contributed by atoms with E-state index in [0.29, 0.717) is 17.7 Å². The fourth-order valence-corrected chi connectivity index (χ4v) is 2.54. The van der Waals surface area contributed by atoms with Gasteiger partial charge >= 0.3 is 5.97 Å². The van der Waals surface area contributed by atoms with Gasteiger partial charge in [-0.15, -0.1) is 0 Å². The van der Waals surface area contributed by atoms with Crippen LogP contribution in [0.15, 0.2) is 78.9 Å². The summed E-state index contributed by atoms with van der Waals surface area (Å²) in [6.45, 7) is 0.495. The Kier molecular flexibility index (Phi) is 5.66. The molecule has 0 aliphatic carbocycles. The fourth-order valence-electron chi connectivity index (χ4n) is 2.54. The van der Waals surface area contributed by atoms with E-state index in [0.717, 1.165) is 16.9 Å². The van der Waals surface area contributed by atoms with Crippen molar-refractivity contribution in [3.8, 4) is 11.8 Å². The molecule has 3 aromatic carbocycles. The molecule has 1 N–H and O–H groups in total. The van der Waals surface area contributed by atoms with Gasteiger partial charge in [-0.1, -0.05) is 54.6 Å². The van der Waals surface area contributed by atoms with Gasteiger partial charge in [0.05, 0.1) is 17.2 Å². The first kappa shape index (κ1) is 18.0. The highest BCUT2D eigenvalue weighted by Crippen LogP contribution is 2.21. The molecule has 0 fully saturated rings. The van der Waals surface area contributed by atoms with Crippen molar-refractivity contribution in [2.45, 2.75) is 6.61 Å². The van der Waals surface area contributed by atoms with E-state index in [2.05, 4.69) is 6.07 Å². The third-order valence-electron chi connectivity index (χ3n) is 4.00. The van der Waals surface area contributed by atoms with Gasteiger partial charge in [-0.25, -0.2) is 4.79 Å². The van der Waals surface area contributed by atoms with Gasteiger partial charge in [0.25, 0.3) is 0 Å². The second kappa shape index (κ2) is 8.50. The van der Waals surface area contributed by atoms with Crippen LogP contribution >= 0.6 is 0 Å². The van der Waals surface area contributed by atoms with Crippen molar-refractivity contribution in [3.63, 3.8) is 0 Å². The maximum absolute atomic E-state index is 10.9. The van der Waals surface area contributed by atoms with Gasteiger partial charge in [-0.2, -0.15) is 5.26 Å². The summed E-state index contributed by atoms with van der Waals surface area (Å²) in [5, 5.41) is 18.4. The van der Waals surface area contributed by atoms with Crippen LogP contribution in [0.5, 0.6) is 5.75 Å². The molecule has 0 saturated heterocycles. The summed E-state index contributed by atoms with van der Waals surface area (Å²) in [4.78, 5) is 10.9. The second-order valence-electron chi connectivity index (χ2n) is 5.90. The van der Waals surface area contributed by atoms with Crippen LogP contribution in [0.2, 0.25) is 0 Å². The average molecular weight is 355 g/mol. The number of ether oxygens (including phenoxy) is 1. The molecule has 0 spiro atoms. The van der Waals surface area contributed by atoms with Crippen LogP contribution < -0.4 is 4.74 Å². The van der Waals surface area contributed by atoms with Crippen molar-refractivity contribution >= 4 is 17.6 Å². The minimum absolute atomic E-state index is 0.191. The lowest BCUT2D eigenvalue weighted by Gasteiger charge is -2.07. The van der Waals surface area contributed by atoms with E-state index in [1.54, 1.807) is 18.2 Å². The Hall–Kier alpha value is -3.84. The number of allylic oxidation sites excluding steroid dienone is 1. The van der Waals surface area contributed by atoms with E-state index < -0.39 is 5.97 Å². The Bertz CT molecular complexity index is 983. The lowest BCUT2D eigenvalue weighted by molar-refractivity contribution is 0.0697. The molecule has 0 radical (unpaired) electrons. The molecule has 132 valence electrons. The average Bonchev–Trinajstić information content (AvgIpc) is 2.72. The smallest absolute Gasteiger partial charge is 0.335 e. The Morgan fingerprint density at radius 3 is 2.15 bits per heavy atom. The Morgan fingerprint density at radius 1 is 0.926 bits per heavy atom. The predicted octanol–water partition coefficient (Wildman–Crippen LogP) is 5.03. The summed E-state index contributed by atoms with van der Waals surface area (Å²) in [5.41, 5.74) is 3.28. The molecule has 27 heavy (non-hydrogen) atoms. The third kappa shape index (κ3) is 4.83. The fraction of sp³-hybridized carbons (Fsp3) is 0.0435. The van der Waals surface area contributed by atoms with Crippen LogP contribution in [-0.4, -0.2) is 11.1 Å². The monoisotopic (exact) mass is 355 g/mol. The van der Waals surface area contributed by atoms with Gasteiger partial charge in [0.1, 0.15) is 12.4 Å². The standard InChI is InChI=1S/C23H17NO3/c24-15-21(19-8-10-20(11-9-19)23(25)26)14-17-6-12-22(13-7-17)27-16-18-4-2-1-3-5-18/h1-14H,16H2,(H,25,26)/b21-14-. The number of carboxylic acid groups (broad SMARTS) is 1. The van der Waals surface area contributed by atoms with E-state index in [1.165, 1.54) is 12.1 Å². The third-order valence-corrected chi connectivity index (χ3v) is 4.00. The summed E-state index contributed by atoms with van der Waals surface area (Å²) in [7, 11) is 0. The molecule has 0 heterocycles. The van der Waals surface area contributed by atoms with Gasteiger partial charge in [0.15, 0.2) is 0 Å². The minimum atomic E-state index is -0.991. The molecule has 0 saturated carbocycles. The molecule has 0 unspecified atom stereocenters. The van der Waals surface area contributed by atoms with E-state index in [-0.39, 0.29) is 5.56 Å². The Balaban J connectivity index is 1.71. The molecule has 0 amide bonds. The molecule has 0 atom stereocenters. The van der Waals surface area contributed by atoms with Crippen molar-refractivity contribution in [2.75, 3.05) is 0 Å². The normalized spacial score (nSPS) is 10.9. The number of nitrogens with zero attached hydrogens (tertiary/aromatic N) is 1. The van der Waals surface area contributed by atoms with Crippen molar-refractivity contribution in [1.29, 1.82) is 5.26 Å². The highest BCUT2D eigenvalue weighted by Gasteiger charge is 2.05. The summed E-state index contributed by atoms with van der Waals surface area (Å²) in [5.74, 6) is -0.240. The van der Waals surface area contributed by atoms with Gasteiger partial charge in [-0.05, 0) is 47.0 Å². The van der Waals surface area contributed by atoms with Crippen molar-refractivity contribution in [2.24, 2.45) is 0 Å². The number of hydrogen-bond donors (Lipinski definition) is 1. The van der Waals surface area contributed by atoms with E-state index in [1.807, 2.05) is 54.6 Å². The Labute approximate surface area is 157 Å². The zero-order chi connectivity index (χ0) is 19.1. The molecule has 4 heteroatoms. The molecular weight excluding hydrogens is 338 g/mol. The van der Waals surface area contributed by atoms with E-state index in [9.17, 15) is 10.1 Å². The zero-order valence-corrected chi connectivity index (χ0v) is 14.5. The number of nitriles is 1. The van der Waals surface area contributed by atoms with Crippen molar-refractivity contribution in [3.05, 3.63) is 101 Å². The van der Waals surface area contributed by atoms with Crippen LogP contribution in [-0.2, 0) is 6.61 Å². The first-order valence-electron chi connectivity index (χ1n) is 8.38. The summed E-state index contributed by atoms with van der Waals surface area (Å²) in [6, 6.07) is 25.8. The minimum Gasteiger partial charge on any atom is -0.489 e. The lowest BCUT2D eigenvalue weighted by atomic mass is 10.0. The molecular formula is C23H17NO3. The van der Waals surface area contributed by atoms with Gasteiger partial charge in [-0.3, -0.25) is 0 Å². The lowest BCUT2D eigenvalue weighted by Crippen LogP contribution is -1.95. The highest BCUT2D eigenvalue weighted by atomic mass is 16.5. The number of aromatic carboxylic acids is 1. The molecule has 3 rings (SSSR count). The number of carboxylic acids is 1. The first-order valence-corrected chi connectivity index (χ1v) is 8.38.